The van der Waals surface area contributed by atoms with Gasteiger partial charge < -0.3 is 15.4 Å². The number of esters is 1. The van der Waals surface area contributed by atoms with Crippen LogP contribution in [-0.2, 0) is 14.3 Å². The van der Waals surface area contributed by atoms with Crippen LogP contribution in [0.25, 0.3) is 0 Å². The average molecular weight is 381 g/mol. The molecule has 25 heavy (non-hydrogen) atoms. The molecule has 2 N–H and O–H groups in total. The second-order valence-corrected chi connectivity index (χ2v) is 6.33. The van der Waals surface area contributed by atoms with Gasteiger partial charge in [0.2, 0.25) is 0 Å². The van der Waals surface area contributed by atoms with Gasteiger partial charge in [-0.15, -0.1) is 0 Å². The molecule has 0 fully saturated rings. The number of thiophene rings is 1. The zero-order chi connectivity index (χ0) is 18.2. The number of nitrogens with one attached hydrogen (secondary N) is 2. The molecule has 2 rings (SSSR count). The number of hydrogen-bond donors (Lipinski definition) is 2. The first-order chi connectivity index (χ1) is 12.0. The molecule has 2 aromatic rings. The Balaban J connectivity index is 1.68. The first-order valence-corrected chi connectivity index (χ1v) is 8.80. The minimum atomic E-state index is -0.566. The van der Waals surface area contributed by atoms with Crippen LogP contribution in [0.3, 0.4) is 0 Å². The van der Waals surface area contributed by atoms with Gasteiger partial charge in [-0.05, 0) is 36.1 Å². The normalized spacial score (nSPS) is 10.2. The van der Waals surface area contributed by atoms with Gasteiger partial charge in [0.05, 0.1) is 6.42 Å². The van der Waals surface area contributed by atoms with Crippen LogP contribution >= 0.6 is 22.9 Å². The van der Waals surface area contributed by atoms with Crippen molar-refractivity contribution in [3.63, 3.8) is 0 Å². The fraction of sp³-hybridized carbons (Fsp3) is 0.235. The Morgan fingerprint density at radius 1 is 1.24 bits per heavy atom. The highest BCUT2D eigenvalue weighted by Crippen LogP contribution is 2.22. The molecular formula is C17H17ClN2O4S. The summed E-state index contributed by atoms with van der Waals surface area (Å²) in [6.07, 6.45) is -0.0145. The first kappa shape index (κ1) is 19.0. The van der Waals surface area contributed by atoms with Crippen molar-refractivity contribution in [3.05, 3.63) is 51.2 Å². The van der Waals surface area contributed by atoms with Gasteiger partial charge >= 0.3 is 5.97 Å². The molecular weight excluding hydrogens is 364 g/mol. The number of hydrogen-bond acceptors (Lipinski definition) is 5. The highest BCUT2D eigenvalue weighted by Gasteiger charge is 2.11. The monoisotopic (exact) mass is 380 g/mol. The Kier molecular flexibility index (Phi) is 6.97. The maximum Gasteiger partial charge on any atom is 0.308 e. The summed E-state index contributed by atoms with van der Waals surface area (Å²) < 4.78 is 4.89. The maximum absolute atomic E-state index is 11.8. The summed E-state index contributed by atoms with van der Waals surface area (Å²) in [5.41, 5.74) is 1.85. The number of anilines is 1. The Morgan fingerprint density at radius 2 is 2.04 bits per heavy atom. The van der Waals surface area contributed by atoms with Crippen molar-refractivity contribution in [1.29, 1.82) is 0 Å². The predicted octanol–water partition coefficient (Wildman–Crippen LogP) is 3.01. The third-order valence-corrected chi connectivity index (χ3v) is 4.40. The van der Waals surface area contributed by atoms with Crippen molar-refractivity contribution in [2.24, 2.45) is 0 Å². The van der Waals surface area contributed by atoms with Crippen LogP contribution in [0, 0.1) is 6.92 Å². The molecule has 0 spiro atoms. The minimum Gasteiger partial charge on any atom is -0.456 e. The summed E-state index contributed by atoms with van der Waals surface area (Å²) in [5.74, 6) is -1.27. The van der Waals surface area contributed by atoms with E-state index in [1.165, 1.54) is 11.3 Å². The van der Waals surface area contributed by atoms with E-state index in [0.29, 0.717) is 16.3 Å². The van der Waals surface area contributed by atoms with Crippen molar-refractivity contribution in [2.75, 3.05) is 18.5 Å². The van der Waals surface area contributed by atoms with Crippen LogP contribution in [0.4, 0.5) is 5.69 Å². The van der Waals surface area contributed by atoms with Gasteiger partial charge in [0, 0.05) is 28.2 Å². The summed E-state index contributed by atoms with van der Waals surface area (Å²) in [5, 5.41) is 9.29. The van der Waals surface area contributed by atoms with Crippen molar-refractivity contribution in [2.45, 2.75) is 13.3 Å². The lowest BCUT2D eigenvalue weighted by Crippen LogP contribution is -2.27. The summed E-state index contributed by atoms with van der Waals surface area (Å²) >= 11 is 7.39. The molecule has 0 atom stereocenters. The van der Waals surface area contributed by atoms with Crippen molar-refractivity contribution < 1.29 is 19.1 Å². The van der Waals surface area contributed by atoms with Crippen LogP contribution in [0.15, 0.2) is 35.0 Å². The Labute approximate surface area is 154 Å². The third-order valence-electron chi connectivity index (χ3n) is 3.30. The third kappa shape index (κ3) is 5.88. The molecule has 1 heterocycles. The van der Waals surface area contributed by atoms with Crippen LogP contribution < -0.4 is 10.6 Å². The molecule has 0 bridgehead atoms. The van der Waals surface area contributed by atoms with E-state index in [0.717, 1.165) is 5.56 Å². The van der Waals surface area contributed by atoms with Crippen LogP contribution in [0.2, 0.25) is 5.02 Å². The molecule has 1 aromatic heterocycles. The molecule has 8 heteroatoms. The fourth-order valence-electron chi connectivity index (χ4n) is 1.92. The van der Waals surface area contributed by atoms with Crippen LogP contribution in [0.5, 0.6) is 0 Å². The molecule has 0 aliphatic heterocycles. The van der Waals surface area contributed by atoms with Gasteiger partial charge in [-0.1, -0.05) is 17.7 Å². The van der Waals surface area contributed by atoms with Crippen LogP contribution in [-0.4, -0.2) is 30.9 Å². The number of amides is 2. The molecule has 0 unspecified atom stereocenters. The minimum absolute atomic E-state index is 0.0145. The summed E-state index contributed by atoms with van der Waals surface area (Å²) in [6.45, 7) is 1.52. The molecule has 0 aliphatic carbocycles. The van der Waals surface area contributed by atoms with Gasteiger partial charge in [0.15, 0.2) is 6.61 Å². The summed E-state index contributed by atoms with van der Waals surface area (Å²) in [7, 11) is 0. The topological polar surface area (TPSA) is 84.5 Å². The lowest BCUT2D eigenvalue weighted by molar-refractivity contribution is -0.147. The smallest absolute Gasteiger partial charge is 0.308 e. The van der Waals surface area contributed by atoms with E-state index in [1.807, 2.05) is 0 Å². The zero-order valence-electron chi connectivity index (χ0n) is 13.5. The molecule has 0 saturated carbocycles. The van der Waals surface area contributed by atoms with E-state index in [4.69, 9.17) is 16.3 Å². The number of carbonyl (C=O) groups excluding carboxylic acids is 3. The van der Waals surface area contributed by atoms with Gasteiger partial charge in [-0.25, -0.2) is 0 Å². The van der Waals surface area contributed by atoms with Crippen molar-refractivity contribution >= 4 is 46.4 Å². The highest BCUT2D eigenvalue weighted by molar-refractivity contribution is 7.08. The molecule has 0 saturated heterocycles. The lowest BCUT2D eigenvalue weighted by Gasteiger charge is -2.10. The number of carbonyl (C=O) groups is 3. The molecule has 0 radical (unpaired) electrons. The summed E-state index contributed by atoms with van der Waals surface area (Å²) in [6, 6.07) is 6.84. The molecule has 1 aromatic carbocycles. The van der Waals surface area contributed by atoms with Crippen molar-refractivity contribution in [3.8, 4) is 0 Å². The van der Waals surface area contributed by atoms with Gasteiger partial charge in [-0.3, -0.25) is 14.4 Å². The Morgan fingerprint density at radius 3 is 2.76 bits per heavy atom. The molecule has 6 nitrogen and oxygen atoms in total. The highest BCUT2D eigenvalue weighted by atomic mass is 35.5. The number of rotatable bonds is 7. The van der Waals surface area contributed by atoms with Gasteiger partial charge in [0.1, 0.15) is 0 Å². The Hall–Kier alpha value is -2.38. The average Bonchev–Trinajstić information content (AvgIpc) is 3.12. The van der Waals surface area contributed by atoms with E-state index in [1.54, 1.807) is 41.9 Å². The number of halogens is 1. The Bertz CT molecular complexity index is 762. The largest absolute Gasteiger partial charge is 0.456 e. The second kappa shape index (κ2) is 9.19. The lowest BCUT2D eigenvalue weighted by atomic mass is 10.2. The van der Waals surface area contributed by atoms with Crippen LogP contribution in [0.1, 0.15) is 22.3 Å². The van der Waals surface area contributed by atoms with E-state index in [-0.39, 0.29) is 18.9 Å². The molecule has 2 amide bonds. The molecule has 0 aliphatic rings. The fourth-order valence-corrected chi connectivity index (χ4v) is 2.73. The van der Waals surface area contributed by atoms with E-state index < -0.39 is 18.5 Å². The van der Waals surface area contributed by atoms with E-state index in [2.05, 4.69) is 10.6 Å². The zero-order valence-corrected chi connectivity index (χ0v) is 15.1. The summed E-state index contributed by atoms with van der Waals surface area (Å²) in [4.78, 5) is 35.1. The maximum atomic E-state index is 11.8. The molecule has 132 valence electrons. The standard InChI is InChI=1S/C17H17ClN2O4S/c1-11-13(18)3-2-4-14(11)20-15(21)9-24-16(22)5-7-19-17(23)12-6-8-25-10-12/h2-4,6,8,10H,5,7,9H2,1H3,(H,19,23)(H,20,21). The van der Waals surface area contributed by atoms with Crippen molar-refractivity contribution in [1.82, 2.24) is 5.32 Å². The van der Waals surface area contributed by atoms with E-state index >= 15 is 0 Å². The van der Waals surface area contributed by atoms with Gasteiger partial charge in [0.25, 0.3) is 11.8 Å². The predicted molar refractivity (Wildman–Crippen MR) is 97.0 cm³/mol. The second-order valence-electron chi connectivity index (χ2n) is 5.14. The first-order valence-electron chi connectivity index (χ1n) is 7.48. The number of ether oxygens (including phenoxy) is 1. The van der Waals surface area contributed by atoms with E-state index in [9.17, 15) is 14.4 Å². The SMILES string of the molecule is Cc1c(Cl)cccc1NC(=O)COC(=O)CCNC(=O)c1ccsc1. The van der Waals surface area contributed by atoms with Gasteiger partial charge in [-0.2, -0.15) is 11.3 Å². The quantitative estimate of drug-likeness (QED) is 0.723. The number of benzene rings is 1.